The Morgan fingerprint density at radius 3 is 1.67 bits per heavy atom. The van der Waals surface area contributed by atoms with E-state index < -0.39 is 0 Å². The molecule has 0 saturated heterocycles. The molecule has 3 N–H and O–H groups in total. The Morgan fingerprint density at radius 1 is 1.67 bits per heavy atom. The molecule has 0 unspecified atom stereocenters. The maximum atomic E-state index is 6.19. The van der Waals surface area contributed by atoms with Crippen molar-refractivity contribution in [3.05, 3.63) is 0 Å². The summed E-state index contributed by atoms with van der Waals surface area (Å²) in [6.45, 7) is 0. The number of amidine groups is 1. The quantitative estimate of drug-likeness (QED) is 0.239. The van der Waals surface area contributed by atoms with Crippen LogP contribution in [0.3, 0.4) is 0 Å². The molecule has 2 nitrogen and oxygen atoms in total. The first-order valence-corrected chi connectivity index (χ1v) is 1.52. The molecule has 0 spiro atoms. The van der Waals surface area contributed by atoms with Gasteiger partial charge in [-0.1, -0.05) is 0 Å². The fourth-order valence-corrected chi connectivity index (χ4v) is 0. The van der Waals surface area contributed by atoms with Crippen molar-refractivity contribution in [2.24, 2.45) is 5.73 Å². The van der Waals surface area contributed by atoms with Crippen LogP contribution in [0, 0.1) is 5.41 Å². The summed E-state index contributed by atoms with van der Waals surface area (Å²) >= 11 is 2.63. The summed E-state index contributed by atoms with van der Waals surface area (Å²) in [6.07, 6.45) is 0. The Balaban J connectivity index is -0.0000000450. The first kappa shape index (κ1) is 15.7. The molecule has 0 aliphatic rings. The Hall–Kier alpha value is 1.92. The predicted molar refractivity (Wildman–Crippen MR) is 29.4 cm³/mol. The van der Waals surface area contributed by atoms with E-state index in [1.165, 1.54) is 0 Å². The minimum Gasteiger partial charge on any atom is 0 e. The van der Waals surface area contributed by atoms with Gasteiger partial charge in [-0.25, -0.2) is 0 Å². The zero-order valence-electron chi connectivity index (χ0n) is 2.46. The van der Waals surface area contributed by atoms with Crippen molar-refractivity contribution in [1.82, 2.24) is 0 Å². The van der Waals surface area contributed by atoms with Crippen molar-refractivity contribution in [1.29, 1.82) is 5.41 Å². The maximum Gasteiger partial charge on any atom is 0 e. The van der Waals surface area contributed by atoms with Gasteiger partial charge in [0.05, 0.1) is 0 Å². The van der Waals surface area contributed by atoms with E-state index in [0.717, 1.165) is 0 Å². The summed E-state index contributed by atoms with van der Waals surface area (Å²) in [5, 5.41) is 6.19. The van der Waals surface area contributed by atoms with E-state index in [1.807, 2.05) is 0 Å². The van der Waals surface area contributed by atoms with E-state index in [0.29, 0.717) is 0 Å². The Kier molecular flexibility index (Phi) is 26.2. The number of nitrogens with two attached hydrogens (primary N) is 1. The second-order valence-electron chi connectivity index (χ2n) is 0.348. The molecular weight excluding hydrogens is 208 g/mol. The van der Waals surface area contributed by atoms with Crippen molar-refractivity contribution in [2.45, 2.75) is 0 Å². The predicted octanol–water partition coefficient (Wildman–Crippen LogP) is -0.644. The van der Waals surface area contributed by atoms with Gasteiger partial charge in [-0.3, -0.25) is 5.41 Å². The standard InChI is InChI=1S/CH3BrN2.Ca.Ti.2H/c2-1(3)4;;;;/h(H3,3,4);;;;. The molecular formula is CH5BrCaN2Ti. The van der Waals surface area contributed by atoms with Crippen molar-refractivity contribution in [3.63, 3.8) is 0 Å². The van der Waals surface area contributed by atoms with Crippen LogP contribution in [0.15, 0.2) is 0 Å². The molecule has 0 fully saturated rings. The van der Waals surface area contributed by atoms with E-state index in [9.17, 15) is 0 Å². The van der Waals surface area contributed by atoms with Crippen LogP contribution in [0.1, 0.15) is 0 Å². The van der Waals surface area contributed by atoms with E-state index in [-0.39, 0.29) is 64.2 Å². The van der Waals surface area contributed by atoms with Gasteiger partial charge in [0, 0.05) is 21.7 Å². The summed E-state index contributed by atoms with van der Waals surface area (Å²) in [5.74, 6) is 0. The summed E-state index contributed by atoms with van der Waals surface area (Å²) in [7, 11) is 0. The first-order chi connectivity index (χ1) is 1.73. The number of halogens is 1. The van der Waals surface area contributed by atoms with Crippen LogP contribution < -0.4 is 5.73 Å². The molecule has 0 aromatic carbocycles. The summed E-state index contributed by atoms with van der Waals surface area (Å²) in [5.41, 5.74) is 4.61. The van der Waals surface area contributed by atoms with Crippen LogP contribution in [-0.2, 0) is 21.7 Å². The van der Waals surface area contributed by atoms with Gasteiger partial charge in [0.2, 0.25) is 0 Å². The second-order valence-corrected chi connectivity index (χ2v) is 1.20. The zero-order chi connectivity index (χ0) is 3.58. The average Bonchev–Trinajstić information content (AvgIpc) is 0.811. The summed E-state index contributed by atoms with van der Waals surface area (Å²) in [6, 6.07) is 0. The third-order valence-electron chi connectivity index (χ3n) is 0. The topological polar surface area (TPSA) is 49.9 Å². The van der Waals surface area contributed by atoms with Crippen molar-refractivity contribution in [2.75, 3.05) is 0 Å². The van der Waals surface area contributed by atoms with E-state index >= 15 is 0 Å². The second kappa shape index (κ2) is 10.0. The minimum atomic E-state index is -0.0208. The normalized spacial score (nSPS) is 4.17. The molecule has 0 bridgehead atoms. The van der Waals surface area contributed by atoms with Gasteiger partial charge in [-0.2, -0.15) is 0 Å². The molecule has 5 heteroatoms. The molecule has 0 aromatic heterocycles. The number of hydrogen-bond donors (Lipinski definition) is 2. The third-order valence-corrected chi connectivity index (χ3v) is 0. The van der Waals surface area contributed by atoms with Gasteiger partial charge in [0.1, 0.15) is 0 Å². The largest absolute Gasteiger partial charge is 0 e. The molecule has 0 radical (unpaired) electrons. The molecule has 0 aliphatic carbocycles. The molecule has 0 aromatic rings. The monoisotopic (exact) mass is 212 g/mol. The number of nitrogens with one attached hydrogen (secondary N) is 1. The first-order valence-electron chi connectivity index (χ1n) is 0.728. The van der Waals surface area contributed by atoms with Gasteiger partial charge in [0.15, 0.2) is 4.74 Å². The Labute approximate surface area is 89.8 Å². The van der Waals surface area contributed by atoms with Crippen LogP contribution in [0.4, 0.5) is 0 Å². The molecule has 0 heterocycles. The van der Waals surface area contributed by atoms with E-state index in [4.69, 9.17) is 5.41 Å². The van der Waals surface area contributed by atoms with Crippen molar-refractivity contribution in [3.8, 4) is 0 Å². The van der Waals surface area contributed by atoms with Crippen LogP contribution in [-0.4, -0.2) is 42.5 Å². The number of rotatable bonds is 0. The smallest absolute Gasteiger partial charge is 0 e. The molecule has 0 aliphatic heterocycles. The van der Waals surface area contributed by atoms with Gasteiger partial charge in [0.25, 0.3) is 0 Å². The molecule has 32 valence electrons. The van der Waals surface area contributed by atoms with Crippen molar-refractivity contribution >= 4 is 58.4 Å². The number of hydrogen-bond acceptors (Lipinski definition) is 1. The van der Waals surface area contributed by atoms with Crippen LogP contribution >= 0.6 is 15.9 Å². The van der Waals surface area contributed by atoms with E-state index in [1.54, 1.807) is 0 Å². The molecule has 0 atom stereocenters. The summed E-state index contributed by atoms with van der Waals surface area (Å²) < 4.78 is -0.0208. The van der Waals surface area contributed by atoms with E-state index in [2.05, 4.69) is 21.7 Å². The van der Waals surface area contributed by atoms with Crippen LogP contribution in [0.25, 0.3) is 0 Å². The molecule has 0 saturated carbocycles. The fraction of sp³-hybridized carbons (Fsp3) is 0. The molecule has 0 amide bonds. The average molecular weight is 213 g/mol. The summed E-state index contributed by atoms with van der Waals surface area (Å²) in [4.78, 5) is 0. The SMILES string of the molecule is N=C(N)Br.[CaH2].[Ti]. The van der Waals surface area contributed by atoms with Gasteiger partial charge in [-0.05, 0) is 15.9 Å². The maximum absolute atomic E-state index is 6.19. The van der Waals surface area contributed by atoms with Crippen molar-refractivity contribution < 1.29 is 21.7 Å². The third kappa shape index (κ3) is 38.8. The zero-order valence-corrected chi connectivity index (χ0v) is 5.60. The minimum absolute atomic E-state index is 0. The van der Waals surface area contributed by atoms with Gasteiger partial charge < -0.3 is 5.73 Å². The molecule has 6 heavy (non-hydrogen) atoms. The van der Waals surface area contributed by atoms with Crippen LogP contribution in [0.5, 0.6) is 0 Å². The Bertz CT molecular complexity index is 36.5. The molecule has 0 rings (SSSR count). The van der Waals surface area contributed by atoms with Gasteiger partial charge in [-0.15, -0.1) is 0 Å². The fourth-order valence-electron chi connectivity index (χ4n) is 0. The van der Waals surface area contributed by atoms with Crippen LogP contribution in [0.2, 0.25) is 0 Å². The Morgan fingerprint density at radius 2 is 1.67 bits per heavy atom. The van der Waals surface area contributed by atoms with Gasteiger partial charge >= 0.3 is 37.7 Å².